The summed E-state index contributed by atoms with van der Waals surface area (Å²) in [5, 5.41) is 11.1. The summed E-state index contributed by atoms with van der Waals surface area (Å²) >= 11 is 0. The number of ether oxygens (including phenoxy) is 3. The molecular formula is C44H44N6O6. The van der Waals surface area contributed by atoms with Crippen molar-refractivity contribution in [1.29, 1.82) is 0 Å². The van der Waals surface area contributed by atoms with E-state index < -0.39 is 0 Å². The lowest BCUT2D eigenvalue weighted by molar-refractivity contribution is 0.0364. The Morgan fingerprint density at radius 1 is 0.893 bits per heavy atom. The number of fused-ring (bicyclic) bond motifs is 3. The van der Waals surface area contributed by atoms with Gasteiger partial charge in [-0.1, -0.05) is 24.3 Å². The number of rotatable bonds is 8. The zero-order valence-corrected chi connectivity index (χ0v) is 31.8. The largest absolute Gasteiger partial charge is 0.508 e. The van der Waals surface area contributed by atoms with Gasteiger partial charge in [-0.05, 0) is 86.0 Å². The molecule has 9 rings (SSSR count). The molecule has 1 fully saturated rings. The van der Waals surface area contributed by atoms with E-state index in [0.29, 0.717) is 65.9 Å². The van der Waals surface area contributed by atoms with E-state index in [1.165, 1.54) is 5.56 Å². The van der Waals surface area contributed by atoms with Gasteiger partial charge in [0.1, 0.15) is 11.4 Å². The monoisotopic (exact) mass is 752 g/mol. The number of phenols is 1. The normalized spacial score (nSPS) is 16.6. The third-order valence-corrected chi connectivity index (χ3v) is 11.4. The van der Waals surface area contributed by atoms with Crippen molar-refractivity contribution in [1.82, 2.24) is 23.9 Å². The van der Waals surface area contributed by atoms with E-state index in [0.717, 1.165) is 54.0 Å². The van der Waals surface area contributed by atoms with E-state index in [4.69, 9.17) is 19.2 Å². The van der Waals surface area contributed by atoms with E-state index >= 15 is 4.79 Å². The molecule has 3 aliphatic rings. The summed E-state index contributed by atoms with van der Waals surface area (Å²) in [5.41, 5.74) is 7.45. The number of phenolic OH excluding ortho intramolecular Hbond substituents is 1. The molecule has 0 aliphatic carbocycles. The molecule has 56 heavy (non-hydrogen) atoms. The molecule has 2 amide bonds. The lowest BCUT2D eigenvalue weighted by Crippen LogP contribution is -2.42. The van der Waals surface area contributed by atoms with Gasteiger partial charge in [0.15, 0.2) is 11.5 Å². The molecule has 0 bridgehead atoms. The molecule has 3 aromatic carbocycles. The molecular weight excluding hydrogens is 709 g/mol. The lowest BCUT2D eigenvalue weighted by Gasteiger charge is -2.35. The van der Waals surface area contributed by atoms with Crippen LogP contribution in [-0.2, 0) is 31.3 Å². The maximum atomic E-state index is 15.2. The molecule has 1 N–H and O–H groups in total. The van der Waals surface area contributed by atoms with Crippen LogP contribution in [0.2, 0.25) is 0 Å². The molecule has 1 atom stereocenters. The van der Waals surface area contributed by atoms with Gasteiger partial charge >= 0.3 is 0 Å². The number of pyridine rings is 1. The van der Waals surface area contributed by atoms with Gasteiger partial charge in [0, 0.05) is 74.3 Å². The van der Waals surface area contributed by atoms with Gasteiger partial charge in [-0.3, -0.25) is 19.4 Å². The minimum atomic E-state index is -0.272. The van der Waals surface area contributed by atoms with Gasteiger partial charge in [-0.2, -0.15) is 0 Å². The summed E-state index contributed by atoms with van der Waals surface area (Å²) in [4.78, 5) is 40.7. The fourth-order valence-electron chi connectivity index (χ4n) is 8.25. The van der Waals surface area contributed by atoms with Crippen LogP contribution in [0.25, 0.3) is 22.3 Å². The third kappa shape index (κ3) is 6.44. The van der Waals surface area contributed by atoms with Crippen LogP contribution in [-0.4, -0.2) is 86.5 Å². The first-order chi connectivity index (χ1) is 27.2. The molecule has 3 aliphatic heterocycles. The van der Waals surface area contributed by atoms with Crippen molar-refractivity contribution in [2.45, 2.75) is 39.4 Å². The number of aromatic nitrogens is 3. The van der Waals surface area contributed by atoms with Crippen molar-refractivity contribution in [2.75, 3.05) is 44.5 Å². The molecule has 0 spiro atoms. The maximum Gasteiger partial charge on any atom is 0.264 e. The first kappa shape index (κ1) is 35.6. The van der Waals surface area contributed by atoms with Crippen molar-refractivity contribution in [3.05, 3.63) is 119 Å². The van der Waals surface area contributed by atoms with E-state index in [-0.39, 0.29) is 30.4 Å². The zero-order chi connectivity index (χ0) is 38.5. The van der Waals surface area contributed by atoms with Crippen LogP contribution in [0.5, 0.6) is 17.2 Å². The number of hydrogen-bond donors (Lipinski definition) is 1. The van der Waals surface area contributed by atoms with E-state index in [1.807, 2.05) is 66.0 Å². The van der Waals surface area contributed by atoms with Crippen LogP contribution in [0.3, 0.4) is 0 Å². The van der Waals surface area contributed by atoms with Crippen molar-refractivity contribution in [3.63, 3.8) is 0 Å². The van der Waals surface area contributed by atoms with Gasteiger partial charge < -0.3 is 33.4 Å². The van der Waals surface area contributed by atoms with Crippen LogP contribution in [0.1, 0.15) is 44.5 Å². The Labute approximate surface area is 325 Å². The molecule has 6 heterocycles. The minimum Gasteiger partial charge on any atom is -0.508 e. The quantitative estimate of drug-likeness (QED) is 0.183. The SMILES string of the molecule is Cc1c(C(=O)N(c2ccc(O)cc2)c2cnc3c(ccn3C)c2)cc(-c2cc3c(cc2C(=O)N2Cc4ccccc4C[C@H]2C)OCO3)n1CCN1CCOCC1. The first-order valence-corrected chi connectivity index (χ1v) is 19.1. The fourth-order valence-corrected chi connectivity index (χ4v) is 8.25. The molecule has 12 heteroatoms. The number of benzene rings is 3. The van der Waals surface area contributed by atoms with Gasteiger partial charge in [-0.15, -0.1) is 0 Å². The minimum absolute atomic E-state index is 0.0305. The second-order valence-electron chi connectivity index (χ2n) is 14.8. The highest BCUT2D eigenvalue weighted by molar-refractivity contribution is 6.13. The average molecular weight is 753 g/mol. The van der Waals surface area contributed by atoms with Gasteiger partial charge in [0.2, 0.25) is 6.79 Å². The van der Waals surface area contributed by atoms with Crippen LogP contribution in [0, 0.1) is 6.92 Å². The molecule has 12 nitrogen and oxygen atoms in total. The number of aromatic hydroxyl groups is 1. The highest BCUT2D eigenvalue weighted by Gasteiger charge is 2.33. The Morgan fingerprint density at radius 2 is 1.64 bits per heavy atom. The highest BCUT2D eigenvalue weighted by Crippen LogP contribution is 2.42. The number of carbonyl (C=O) groups is 2. The second kappa shape index (κ2) is 14.5. The van der Waals surface area contributed by atoms with E-state index in [2.05, 4.69) is 28.5 Å². The Kier molecular flexibility index (Phi) is 9.22. The summed E-state index contributed by atoms with van der Waals surface area (Å²) in [5.74, 6) is 0.778. The number of carbonyl (C=O) groups excluding carboxylic acids is 2. The maximum absolute atomic E-state index is 15.2. The standard InChI is InChI=1S/C44H44N6O6/c1-28-20-30-6-4-5-7-32(30)26-49(28)43(52)38-24-41-40(55-27-56-41)23-37(38)39-22-36(29(2)48(39)15-14-47-16-18-54-19-17-47)44(53)50(33-8-10-35(51)11-9-33)34-21-31-12-13-46(3)42(31)45-25-34/h4-13,21-25,28,51H,14-20,26-27H2,1-3H3/t28-/m1/s1. The fraction of sp³-hybridized carbons (Fsp3) is 0.295. The predicted molar refractivity (Wildman–Crippen MR) is 213 cm³/mol. The topological polar surface area (TPSA) is 115 Å². The van der Waals surface area contributed by atoms with Crippen molar-refractivity contribution >= 4 is 34.2 Å². The number of morpholine rings is 1. The number of amides is 2. The Bertz CT molecular complexity index is 2460. The summed E-state index contributed by atoms with van der Waals surface area (Å²) < 4.78 is 21.5. The molecule has 6 aromatic rings. The van der Waals surface area contributed by atoms with Gasteiger partial charge in [0.05, 0.1) is 41.9 Å². The zero-order valence-electron chi connectivity index (χ0n) is 31.8. The summed E-state index contributed by atoms with van der Waals surface area (Å²) in [6.07, 6.45) is 4.39. The smallest absolute Gasteiger partial charge is 0.264 e. The molecule has 3 aromatic heterocycles. The lowest BCUT2D eigenvalue weighted by atomic mass is 9.93. The first-order valence-electron chi connectivity index (χ1n) is 19.1. The Morgan fingerprint density at radius 3 is 2.43 bits per heavy atom. The number of aryl methyl sites for hydroxylation is 1. The van der Waals surface area contributed by atoms with Crippen LogP contribution in [0.4, 0.5) is 11.4 Å². The number of nitrogens with zero attached hydrogens (tertiary/aromatic N) is 6. The Hall–Kier alpha value is -6.11. The molecule has 0 unspecified atom stereocenters. The highest BCUT2D eigenvalue weighted by atomic mass is 16.7. The summed E-state index contributed by atoms with van der Waals surface area (Å²) in [7, 11) is 1.93. The van der Waals surface area contributed by atoms with E-state index in [1.54, 1.807) is 41.4 Å². The van der Waals surface area contributed by atoms with Crippen LogP contribution in [0.15, 0.2) is 91.3 Å². The van der Waals surface area contributed by atoms with Crippen molar-refractivity contribution in [2.24, 2.45) is 7.05 Å². The van der Waals surface area contributed by atoms with E-state index in [9.17, 15) is 9.90 Å². The molecule has 286 valence electrons. The van der Waals surface area contributed by atoms with Crippen LogP contribution >= 0.6 is 0 Å². The summed E-state index contributed by atoms with van der Waals surface area (Å²) in [6.45, 7) is 8.86. The molecule has 0 radical (unpaired) electrons. The number of hydrogen-bond acceptors (Lipinski definition) is 8. The second-order valence-corrected chi connectivity index (χ2v) is 14.8. The van der Waals surface area contributed by atoms with Crippen molar-refractivity contribution < 1.29 is 28.9 Å². The van der Waals surface area contributed by atoms with Gasteiger partial charge in [-0.25, -0.2) is 4.98 Å². The molecule has 0 saturated carbocycles. The Balaban J connectivity index is 1.18. The third-order valence-electron chi connectivity index (χ3n) is 11.4. The number of anilines is 2. The summed E-state index contributed by atoms with van der Waals surface area (Å²) in [6, 6.07) is 24.3. The predicted octanol–water partition coefficient (Wildman–Crippen LogP) is 6.68. The van der Waals surface area contributed by atoms with Crippen molar-refractivity contribution in [3.8, 4) is 28.5 Å². The van der Waals surface area contributed by atoms with Crippen LogP contribution < -0.4 is 14.4 Å². The van der Waals surface area contributed by atoms with Gasteiger partial charge in [0.25, 0.3) is 11.8 Å². The molecule has 1 saturated heterocycles. The average Bonchev–Trinajstić information content (AvgIpc) is 3.93.